The van der Waals surface area contributed by atoms with Crippen molar-refractivity contribution in [3.05, 3.63) is 60.2 Å². The molecule has 2 aromatic rings. The van der Waals surface area contributed by atoms with Gasteiger partial charge in [0, 0.05) is 37.1 Å². The van der Waals surface area contributed by atoms with Gasteiger partial charge in [0.2, 0.25) is 0 Å². The number of carboxylic acids is 1. The Kier molecular flexibility index (Phi) is 6.13. The molecule has 3 N–H and O–H groups in total. The van der Waals surface area contributed by atoms with E-state index in [9.17, 15) is 19.5 Å². The van der Waals surface area contributed by atoms with Crippen molar-refractivity contribution in [1.82, 2.24) is 4.90 Å². The largest absolute Gasteiger partial charge is 0.481 e. The van der Waals surface area contributed by atoms with E-state index in [1.807, 2.05) is 18.2 Å². The van der Waals surface area contributed by atoms with Crippen molar-refractivity contribution in [2.45, 2.75) is 6.42 Å². The molecule has 0 aliphatic carbocycles. The van der Waals surface area contributed by atoms with E-state index >= 15 is 0 Å². The van der Waals surface area contributed by atoms with Gasteiger partial charge in [-0.1, -0.05) is 18.2 Å². The number of anilines is 2. The second-order valence-corrected chi connectivity index (χ2v) is 7.02. The number of carboxylic acid groups (broad SMARTS) is 1. The highest BCUT2D eigenvalue weighted by Crippen LogP contribution is 2.32. The van der Waals surface area contributed by atoms with Crippen molar-refractivity contribution < 1.29 is 24.2 Å². The van der Waals surface area contributed by atoms with Gasteiger partial charge in [-0.15, -0.1) is 0 Å². The van der Waals surface area contributed by atoms with E-state index < -0.39 is 11.4 Å². The number of para-hydroxylation sites is 1. The third-order valence-electron chi connectivity index (χ3n) is 4.94. The van der Waals surface area contributed by atoms with Gasteiger partial charge in [0.05, 0.1) is 6.61 Å². The molecule has 2 aromatic carbocycles. The van der Waals surface area contributed by atoms with E-state index in [0.29, 0.717) is 29.9 Å². The minimum atomic E-state index is -1.07. The first-order valence-corrected chi connectivity index (χ1v) is 9.18. The average molecular weight is 397 g/mol. The van der Waals surface area contributed by atoms with E-state index in [1.54, 1.807) is 36.4 Å². The molecule has 152 valence electrons. The Labute approximate surface area is 168 Å². The van der Waals surface area contributed by atoms with Gasteiger partial charge in [-0.2, -0.15) is 0 Å². The zero-order valence-electron chi connectivity index (χ0n) is 16.1. The minimum absolute atomic E-state index is 0.0610. The zero-order chi connectivity index (χ0) is 20.9. The van der Waals surface area contributed by atoms with Crippen LogP contribution in [-0.4, -0.2) is 54.7 Å². The normalized spacial score (nSPS) is 18.3. The van der Waals surface area contributed by atoms with Crippen LogP contribution in [0.4, 0.5) is 16.2 Å². The number of carbonyl (C=O) groups is 3. The summed E-state index contributed by atoms with van der Waals surface area (Å²) in [6.45, 7) is 0.522. The van der Waals surface area contributed by atoms with Crippen LogP contribution in [0.2, 0.25) is 0 Å². The van der Waals surface area contributed by atoms with E-state index in [2.05, 4.69) is 10.6 Å². The third-order valence-corrected chi connectivity index (χ3v) is 4.94. The lowest BCUT2D eigenvalue weighted by atomic mass is 9.88. The molecule has 8 heteroatoms. The molecule has 29 heavy (non-hydrogen) atoms. The summed E-state index contributed by atoms with van der Waals surface area (Å²) in [5.74, 6) is -1.21. The quantitative estimate of drug-likeness (QED) is 0.695. The molecule has 1 aliphatic rings. The Morgan fingerprint density at radius 2 is 1.66 bits per heavy atom. The summed E-state index contributed by atoms with van der Waals surface area (Å²) in [5.41, 5.74) is 0.568. The smallest absolute Gasteiger partial charge is 0.323 e. The Morgan fingerprint density at radius 1 is 1.03 bits per heavy atom. The number of nitrogens with one attached hydrogen (secondary N) is 2. The molecule has 8 nitrogen and oxygen atoms in total. The summed E-state index contributed by atoms with van der Waals surface area (Å²) in [6, 6.07) is 15.1. The fraction of sp³-hybridized carbons (Fsp3) is 0.286. The van der Waals surface area contributed by atoms with Crippen LogP contribution in [-0.2, 0) is 9.53 Å². The molecule has 3 amide bonds. The molecular weight excluding hydrogens is 374 g/mol. The molecule has 0 radical (unpaired) electrons. The second kappa shape index (κ2) is 8.74. The molecule has 1 atom stereocenters. The van der Waals surface area contributed by atoms with Crippen molar-refractivity contribution >= 4 is 29.3 Å². The van der Waals surface area contributed by atoms with Crippen LogP contribution in [0.25, 0.3) is 0 Å². The van der Waals surface area contributed by atoms with Crippen molar-refractivity contribution in [2.24, 2.45) is 5.41 Å². The van der Waals surface area contributed by atoms with Gasteiger partial charge in [-0.25, -0.2) is 4.79 Å². The molecular formula is C21H23N3O5. The number of nitrogens with zero attached hydrogens (tertiary/aromatic N) is 1. The number of carbonyl (C=O) groups excluding carboxylic acids is 2. The first kappa shape index (κ1) is 20.3. The molecule has 1 unspecified atom stereocenters. The molecule has 0 spiro atoms. The summed E-state index contributed by atoms with van der Waals surface area (Å²) < 4.78 is 5.05. The molecule has 1 fully saturated rings. The fourth-order valence-corrected chi connectivity index (χ4v) is 3.37. The number of amides is 3. The van der Waals surface area contributed by atoms with Crippen LogP contribution in [0.15, 0.2) is 54.6 Å². The second-order valence-electron chi connectivity index (χ2n) is 7.02. The summed E-state index contributed by atoms with van der Waals surface area (Å²) in [7, 11) is 1.45. The Hall–Kier alpha value is -3.39. The number of benzene rings is 2. The first-order valence-electron chi connectivity index (χ1n) is 9.18. The van der Waals surface area contributed by atoms with Crippen molar-refractivity contribution in [3.8, 4) is 0 Å². The molecule has 0 aromatic heterocycles. The van der Waals surface area contributed by atoms with Crippen LogP contribution in [0.3, 0.4) is 0 Å². The third kappa shape index (κ3) is 4.72. The van der Waals surface area contributed by atoms with Crippen LogP contribution < -0.4 is 10.6 Å². The molecule has 1 heterocycles. The lowest BCUT2D eigenvalue weighted by Gasteiger charge is -2.23. The van der Waals surface area contributed by atoms with Crippen LogP contribution >= 0.6 is 0 Å². The van der Waals surface area contributed by atoms with Gasteiger partial charge in [0.15, 0.2) is 0 Å². The van der Waals surface area contributed by atoms with Gasteiger partial charge in [0.25, 0.3) is 5.91 Å². The topological polar surface area (TPSA) is 108 Å². The van der Waals surface area contributed by atoms with Crippen molar-refractivity contribution in [1.29, 1.82) is 0 Å². The fourth-order valence-electron chi connectivity index (χ4n) is 3.37. The van der Waals surface area contributed by atoms with Crippen LogP contribution in [0.5, 0.6) is 0 Å². The molecule has 3 rings (SSSR count). The van der Waals surface area contributed by atoms with E-state index in [1.165, 1.54) is 12.0 Å². The SMILES string of the molecule is COCC1(C(=O)O)CCN(C(=O)c2ccc(NC(=O)Nc3ccccc3)cc2)C1. The summed E-state index contributed by atoms with van der Waals surface area (Å²) in [5, 5.41) is 14.9. The average Bonchev–Trinajstić information content (AvgIpc) is 3.15. The highest BCUT2D eigenvalue weighted by molar-refractivity contribution is 6.00. The maximum atomic E-state index is 12.7. The number of likely N-dealkylation sites (tertiary alicyclic amines) is 1. The number of hydrogen-bond donors (Lipinski definition) is 3. The van der Waals surface area contributed by atoms with Crippen molar-refractivity contribution in [3.63, 3.8) is 0 Å². The van der Waals surface area contributed by atoms with Gasteiger partial charge in [-0.05, 0) is 42.8 Å². The Morgan fingerprint density at radius 3 is 2.24 bits per heavy atom. The number of rotatable bonds is 6. The van der Waals surface area contributed by atoms with Crippen molar-refractivity contribution in [2.75, 3.05) is 37.4 Å². The predicted octanol–water partition coefficient (Wildman–Crippen LogP) is 2.89. The summed E-state index contributed by atoms with van der Waals surface area (Å²) in [6.07, 6.45) is 0.348. The molecule has 1 saturated heterocycles. The van der Waals surface area contributed by atoms with Crippen LogP contribution in [0.1, 0.15) is 16.8 Å². The number of ether oxygens (including phenoxy) is 1. The van der Waals surface area contributed by atoms with E-state index in [-0.39, 0.29) is 25.1 Å². The number of urea groups is 1. The lowest BCUT2D eigenvalue weighted by molar-refractivity contribution is -0.151. The maximum absolute atomic E-state index is 12.7. The maximum Gasteiger partial charge on any atom is 0.323 e. The highest BCUT2D eigenvalue weighted by atomic mass is 16.5. The van der Waals surface area contributed by atoms with Gasteiger partial charge >= 0.3 is 12.0 Å². The number of hydrogen-bond acceptors (Lipinski definition) is 4. The lowest BCUT2D eigenvalue weighted by Crippen LogP contribution is -2.40. The van der Waals surface area contributed by atoms with Gasteiger partial charge < -0.3 is 25.4 Å². The van der Waals surface area contributed by atoms with Gasteiger partial charge in [-0.3, -0.25) is 9.59 Å². The molecule has 0 bridgehead atoms. The minimum Gasteiger partial charge on any atom is -0.481 e. The van der Waals surface area contributed by atoms with E-state index in [4.69, 9.17) is 4.74 Å². The monoisotopic (exact) mass is 397 g/mol. The standard InChI is InChI=1S/C21H23N3O5/c1-29-14-21(19(26)27)11-12-24(13-21)18(25)15-7-9-17(10-8-15)23-20(28)22-16-5-3-2-4-6-16/h2-10H,11-14H2,1H3,(H,26,27)(H2,22,23,28). The summed E-state index contributed by atoms with van der Waals surface area (Å²) in [4.78, 5) is 37.9. The predicted molar refractivity (Wildman–Crippen MR) is 108 cm³/mol. The van der Waals surface area contributed by atoms with Crippen LogP contribution in [0, 0.1) is 5.41 Å². The highest BCUT2D eigenvalue weighted by Gasteiger charge is 2.46. The Balaban J connectivity index is 1.60. The molecule has 1 aliphatic heterocycles. The first-order chi connectivity index (χ1) is 13.9. The summed E-state index contributed by atoms with van der Waals surface area (Å²) >= 11 is 0. The van der Waals surface area contributed by atoms with Gasteiger partial charge in [0.1, 0.15) is 5.41 Å². The number of aliphatic carboxylic acids is 1. The van der Waals surface area contributed by atoms with E-state index in [0.717, 1.165) is 0 Å². The number of methoxy groups -OCH3 is 1. The zero-order valence-corrected chi connectivity index (χ0v) is 16.1. The Bertz CT molecular complexity index is 885. The molecule has 0 saturated carbocycles.